The van der Waals surface area contributed by atoms with Gasteiger partial charge in [0.15, 0.2) is 5.78 Å². The van der Waals surface area contributed by atoms with Gasteiger partial charge in [-0.05, 0) is 52.0 Å². The second-order valence-electron chi connectivity index (χ2n) is 8.57. The van der Waals surface area contributed by atoms with Crippen molar-refractivity contribution in [3.63, 3.8) is 0 Å². The first-order chi connectivity index (χ1) is 14.2. The summed E-state index contributed by atoms with van der Waals surface area (Å²) in [6.45, 7) is 7.20. The minimum atomic E-state index is -0.984. The standard InChI is InChI=1S/C24H25BO4S/c1-23(2,27)24(3,4)29-25-15-11-12-18-17(14-15)21-19(28-18)9-7-13-30-20-10-6-5-8-16(20)22(21)26/h5-12,14,25,27H,13H2,1-4H3/b9-7-. The normalized spacial score (nSPS) is 15.7. The van der Waals surface area contributed by atoms with Gasteiger partial charge in [0.05, 0.1) is 16.8 Å². The third kappa shape index (κ3) is 3.87. The molecule has 0 saturated heterocycles. The number of ketones is 1. The quantitative estimate of drug-likeness (QED) is 0.637. The van der Waals surface area contributed by atoms with Crippen molar-refractivity contribution in [2.24, 2.45) is 0 Å². The number of aliphatic hydroxyl groups is 1. The van der Waals surface area contributed by atoms with Gasteiger partial charge in [-0.25, -0.2) is 0 Å². The lowest BCUT2D eigenvalue weighted by atomic mass is 9.82. The number of hydrogen-bond donors (Lipinski definition) is 1. The van der Waals surface area contributed by atoms with E-state index in [0.29, 0.717) is 30.0 Å². The van der Waals surface area contributed by atoms with Crippen LogP contribution in [-0.2, 0) is 4.65 Å². The van der Waals surface area contributed by atoms with Gasteiger partial charge in [-0.1, -0.05) is 35.8 Å². The molecule has 3 aromatic rings. The number of furan rings is 1. The predicted octanol–water partition coefficient (Wildman–Crippen LogP) is 4.33. The SMILES string of the molecule is CC(C)(O)C(C)(C)OBc1ccc2oc3c(c2c1)C(=O)c1ccccc1SC/C=C\3. The molecule has 1 aliphatic heterocycles. The zero-order valence-electron chi connectivity index (χ0n) is 17.7. The van der Waals surface area contributed by atoms with E-state index < -0.39 is 11.2 Å². The Hall–Kier alpha value is -2.28. The number of rotatable bonds is 4. The summed E-state index contributed by atoms with van der Waals surface area (Å²) in [5, 5.41) is 11.1. The van der Waals surface area contributed by atoms with Gasteiger partial charge in [0.1, 0.15) is 11.3 Å². The highest BCUT2D eigenvalue weighted by molar-refractivity contribution is 7.99. The van der Waals surface area contributed by atoms with Crippen LogP contribution in [0.1, 0.15) is 49.4 Å². The molecular weight excluding hydrogens is 395 g/mol. The summed E-state index contributed by atoms with van der Waals surface area (Å²) in [4.78, 5) is 14.5. The van der Waals surface area contributed by atoms with E-state index in [0.717, 1.165) is 21.5 Å². The van der Waals surface area contributed by atoms with Crippen LogP contribution >= 0.6 is 11.8 Å². The first-order valence-corrected chi connectivity index (χ1v) is 11.0. The lowest BCUT2D eigenvalue weighted by Gasteiger charge is -2.37. The minimum Gasteiger partial charge on any atom is -0.456 e. The minimum absolute atomic E-state index is 0.0340. The Morgan fingerprint density at radius 2 is 1.90 bits per heavy atom. The predicted molar refractivity (Wildman–Crippen MR) is 124 cm³/mol. The highest BCUT2D eigenvalue weighted by Crippen LogP contribution is 2.33. The third-order valence-corrected chi connectivity index (χ3v) is 6.84. The Morgan fingerprint density at radius 1 is 1.13 bits per heavy atom. The molecular formula is C24H25BO4S. The number of carbonyl (C=O) groups is 1. The zero-order chi connectivity index (χ0) is 21.5. The summed E-state index contributed by atoms with van der Waals surface area (Å²) in [5.41, 5.74) is 1.17. The van der Waals surface area contributed by atoms with Crippen LogP contribution in [0.25, 0.3) is 17.0 Å². The van der Waals surface area contributed by atoms with Crippen molar-refractivity contribution < 1.29 is 19.0 Å². The van der Waals surface area contributed by atoms with E-state index in [2.05, 4.69) is 0 Å². The van der Waals surface area contributed by atoms with Crippen LogP contribution in [0.5, 0.6) is 0 Å². The van der Waals surface area contributed by atoms with E-state index in [1.165, 1.54) is 0 Å². The summed E-state index contributed by atoms with van der Waals surface area (Å²) in [6, 6.07) is 13.5. The molecule has 6 heteroatoms. The molecule has 1 N–H and O–H groups in total. The van der Waals surface area contributed by atoms with Gasteiger partial charge < -0.3 is 14.2 Å². The number of benzene rings is 2. The smallest absolute Gasteiger partial charge is 0.309 e. The van der Waals surface area contributed by atoms with Crippen molar-refractivity contribution in [3.05, 3.63) is 65.4 Å². The van der Waals surface area contributed by atoms with Gasteiger partial charge in [0, 0.05) is 21.6 Å². The van der Waals surface area contributed by atoms with Crippen LogP contribution in [-0.4, -0.2) is 35.3 Å². The van der Waals surface area contributed by atoms with Crippen LogP contribution in [0.3, 0.4) is 0 Å². The molecule has 1 aromatic heterocycles. The Labute approximate surface area is 181 Å². The number of fused-ring (bicyclic) bond motifs is 4. The van der Waals surface area contributed by atoms with E-state index in [9.17, 15) is 9.90 Å². The van der Waals surface area contributed by atoms with Crippen LogP contribution in [0.4, 0.5) is 0 Å². The van der Waals surface area contributed by atoms with Gasteiger partial charge in [-0.15, -0.1) is 11.8 Å². The first kappa shape index (κ1) is 21.0. The molecule has 0 aliphatic carbocycles. The van der Waals surface area contributed by atoms with Crippen molar-refractivity contribution >= 4 is 47.5 Å². The molecule has 0 amide bonds. The molecule has 1 aliphatic rings. The van der Waals surface area contributed by atoms with E-state index >= 15 is 0 Å². The van der Waals surface area contributed by atoms with E-state index in [-0.39, 0.29) is 5.78 Å². The van der Waals surface area contributed by atoms with E-state index in [1.807, 2.05) is 68.5 Å². The summed E-state index contributed by atoms with van der Waals surface area (Å²) in [5.74, 6) is 1.32. The van der Waals surface area contributed by atoms with Gasteiger partial charge in [-0.2, -0.15) is 0 Å². The maximum Gasteiger partial charge on any atom is 0.309 e. The topological polar surface area (TPSA) is 59.7 Å². The molecule has 0 fully saturated rings. The highest BCUT2D eigenvalue weighted by atomic mass is 32.2. The number of carbonyl (C=O) groups excluding carboxylic acids is 1. The molecule has 4 nitrogen and oxygen atoms in total. The zero-order valence-corrected chi connectivity index (χ0v) is 18.5. The maximum atomic E-state index is 13.5. The lowest BCUT2D eigenvalue weighted by molar-refractivity contribution is -0.0893. The lowest BCUT2D eigenvalue weighted by Crippen LogP contribution is -2.49. The average molecular weight is 420 g/mol. The molecule has 0 unspecified atom stereocenters. The van der Waals surface area contributed by atoms with Crippen LogP contribution in [0.15, 0.2) is 57.9 Å². The Bertz CT molecular complexity index is 1140. The van der Waals surface area contributed by atoms with Crippen molar-refractivity contribution in [3.8, 4) is 0 Å². The fourth-order valence-electron chi connectivity index (χ4n) is 3.25. The molecule has 4 rings (SSSR count). The van der Waals surface area contributed by atoms with Gasteiger partial charge in [0.25, 0.3) is 0 Å². The molecule has 30 heavy (non-hydrogen) atoms. The second kappa shape index (κ2) is 7.76. The van der Waals surface area contributed by atoms with E-state index in [4.69, 9.17) is 9.07 Å². The van der Waals surface area contributed by atoms with Gasteiger partial charge in [0.2, 0.25) is 0 Å². The summed E-state index contributed by atoms with van der Waals surface area (Å²) in [7, 11) is 0.323. The summed E-state index contributed by atoms with van der Waals surface area (Å²) >= 11 is 1.64. The summed E-state index contributed by atoms with van der Waals surface area (Å²) < 4.78 is 12.0. The fraction of sp³-hybridized carbons (Fsp3) is 0.292. The van der Waals surface area contributed by atoms with Crippen LogP contribution in [0.2, 0.25) is 0 Å². The highest BCUT2D eigenvalue weighted by Gasteiger charge is 2.35. The largest absolute Gasteiger partial charge is 0.456 e. The monoisotopic (exact) mass is 420 g/mol. The molecule has 0 radical (unpaired) electrons. The Balaban J connectivity index is 1.76. The maximum absolute atomic E-state index is 13.5. The van der Waals surface area contributed by atoms with Crippen molar-refractivity contribution in [2.45, 2.75) is 43.8 Å². The molecule has 0 spiro atoms. The molecule has 2 aromatic carbocycles. The second-order valence-corrected chi connectivity index (χ2v) is 9.63. The van der Waals surface area contributed by atoms with Crippen molar-refractivity contribution in [2.75, 3.05) is 5.75 Å². The van der Waals surface area contributed by atoms with Crippen molar-refractivity contribution in [1.29, 1.82) is 0 Å². The summed E-state index contributed by atoms with van der Waals surface area (Å²) in [6.07, 6.45) is 3.91. The number of hydrogen-bond acceptors (Lipinski definition) is 5. The van der Waals surface area contributed by atoms with Crippen LogP contribution < -0.4 is 5.46 Å². The molecule has 0 atom stereocenters. The van der Waals surface area contributed by atoms with Gasteiger partial charge in [-0.3, -0.25) is 4.79 Å². The molecule has 0 saturated carbocycles. The average Bonchev–Trinajstić information content (AvgIpc) is 3.07. The Kier molecular flexibility index (Phi) is 5.43. The first-order valence-electron chi connectivity index (χ1n) is 10.0. The molecule has 2 heterocycles. The van der Waals surface area contributed by atoms with E-state index in [1.54, 1.807) is 25.6 Å². The molecule has 154 valence electrons. The van der Waals surface area contributed by atoms with Crippen LogP contribution in [0, 0.1) is 0 Å². The van der Waals surface area contributed by atoms with Crippen molar-refractivity contribution in [1.82, 2.24) is 0 Å². The van der Waals surface area contributed by atoms with Gasteiger partial charge >= 0.3 is 7.48 Å². The third-order valence-electron chi connectivity index (χ3n) is 5.82. The number of thioether (sulfide) groups is 1. The Morgan fingerprint density at radius 3 is 2.67 bits per heavy atom. The fourth-order valence-corrected chi connectivity index (χ4v) is 4.12. The molecule has 0 bridgehead atoms.